The van der Waals surface area contributed by atoms with Crippen molar-refractivity contribution in [3.8, 4) is 0 Å². The van der Waals surface area contributed by atoms with Crippen LogP contribution in [0.1, 0.15) is 17.0 Å². The number of rotatable bonds is 4. The first-order chi connectivity index (χ1) is 10.5. The quantitative estimate of drug-likeness (QED) is 0.743. The van der Waals surface area contributed by atoms with Crippen LogP contribution in [0.25, 0.3) is 5.78 Å². The van der Waals surface area contributed by atoms with E-state index in [0.29, 0.717) is 10.5 Å². The maximum Gasteiger partial charge on any atom is 0.252 e. The van der Waals surface area contributed by atoms with Gasteiger partial charge in [-0.2, -0.15) is 4.98 Å². The summed E-state index contributed by atoms with van der Waals surface area (Å²) >= 11 is 5.42. The van der Waals surface area contributed by atoms with Crippen molar-refractivity contribution in [3.63, 3.8) is 0 Å². The fourth-order valence-electron chi connectivity index (χ4n) is 2.75. The second-order valence-electron chi connectivity index (χ2n) is 5.72. The van der Waals surface area contributed by atoms with Gasteiger partial charge in [-0.25, -0.2) is 14.2 Å². The maximum atomic E-state index is 5.42. The number of nitrogens with zero attached hydrogens (tertiary/aromatic N) is 4. The zero-order valence-electron chi connectivity index (χ0n) is 13.1. The molecule has 3 rings (SSSR count). The molecule has 0 saturated heterocycles. The van der Waals surface area contributed by atoms with Gasteiger partial charge in [-0.05, 0) is 32.1 Å². The number of fused-ring (bicyclic) bond motifs is 1. The Kier molecular flexibility index (Phi) is 4.04. The highest BCUT2D eigenvalue weighted by molar-refractivity contribution is 7.71. The van der Waals surface area contributed by atoms with Crippen LogP contribution in [0.4, 0.5) is 0 Å². The summed E-state index contributed by atoms with van der Waals surface area (Å²) in [5.41, 5.74) is 3.37. The number of aryl methyl sites for hydroxylation is 2. The molecule has 0 saturated carbocycles. The number of hydrogen-bond donors (Lipinski definition) is 1. The van der Waals surface area contributed by atoms with Crippen molar-refractivity contribution < 1.29 is 4.90 Å². The van der Waals surface area contributed by atoms with Gasteiger partial charge in [0.2, 0.25) is 4.77 Å². The summed E-state index contributed by atoms with van der Waals surface area (Å²) in [6.07, 6.45) is 0. The monoisotopic (exact) mass is 314 g/mol. The van der Waals surface area contributed by atoms with E-state index < -0.39 is 0 Å². The molecule has 1 unspecified atom stereocenters. The van der Waals surface area contributed by atoms with E-state index in [1.54, 1.807) is 0 Å². The summed E-state index contributed by atoms with van der Waals surface area (Å²) in [5, 5.41) is 0. The zero-order chi connectivity index (χ0) is 15.7. The number of quaternary nitrogens is 1. The highest BCUT2D eigenvalue weighted by atomic mass is 32.1. The molecule has 2 aromatic heterocycles. The van der Waals surface area contributed by atoms with Crippen LogP contribution in [0.15, 0.2) is 36.4 Å². The van der Waals surface area contributed by atoms with Crippen LogP contribution in [0.2, 0.25) is 0 Å². The number of hydrogen-bond acceptors (Lipinski definition) is 3. The first-order valence-corrected chi connectivity index (χ1v) is 7.74. The van der Waals surface area contributed by atoms with Crippen molar-refractivity contribution >= 4 is 18.0 Å². The minimum absolute atomic E-state index is 0.577. The smallest absolute Gasteiger partial charge is 0.252 e. The lowest BCUT2D eigenvalue weighted by Crippen LogP contribution is -3.07. The zero-order valence-corrected chi connectivity index (χ0v) is 13.9. The molecule has 2 heterocycles. The Morgan fingerprint density at radius 1 is 1.14 bits per heavy atom. The molecular formula is C16H20N5S+. The van der Waals surface area contributed by atoms with E-state index >= 15 is 0 Å². The molecule has 3 aromatic rings. The summed E-state index contributed by atoms with van der Waals surface area (Å²) in [7, 11) is 2.16. The van der Waals surface area contributed by atoms with Gasteiger partial charge in [0.05, 0.1) is 7.05 Å². The molecule has 0 bridgehead atoms. The fourth-order valence-corrected chi connectivity index (χ4v) is 2.98. The van der Waals surface area contributed by atoms with E-state index in [2.05, 4.69) is 48.2 Å². The first-order valence-electron chi connectivity index (χ1n) is 7.33. The largest absolute Gasteiger partial charge is 0.315 e. The van der Waals surface area contributed by atoms with E-state index in [-0.39, 0.29) is 0 Å². The molecule has 114 valence electrons. The van der Waals surface area contributed by atoms with Gasteiger partial charge in [-0.1, -0.05) is 30.3 Å². The minimum Gasteiger partial charge on any atom is -0.315 e. The van der Waals surface area contributed by atoms with Gasteiger partial charge in [0.1, 0.15) is 6.54 Å². The third-order valence-corrected chi connectivity index (χ3v) is 3.95. The molecule has 6 heteroatoms. The first kappa shape index (κ1) is 14.9. The van der Waals surface area contributed by atoms with Crippen molar-refractivity contribution in [1.82, 2.24) is 19.2 Å². The van der Waals surface area contributed by atoms with E-state index in [4.69, 9.17) is 12.2 Å². The SMILES string of the molecule is Cc1cc(C)n2c(n1)nc(=S)n2C[NH+](C)Cc1ccccc1. The molecule has 1 atom stereocenters. The average Bonchev–Trinajstić information content (AvgIpc) is 2.75. The normalized spacial score (nSPS) is 12.7. The topological polar surface area (TPSA) is 39.6 Å². The number of benzene rings is 1. The minimum atomic E-state index is 0.577. The van der Waals surface area contributed by atoms with E-state index in [1.165, 1.54) is 10.5 Å². The summed E-state index contributed by atoms with van der Waals surface area (Å²) < 4.78 is 4.60. The lowest BCUT2D eigenvalue weighted by atomic mass is 10.2. The van der Waals surface area contributed by atoms with Crippen LogP contribution in [-0.2, 0) is 13.2 Å². The third kappa shape index (κ3) is 2.93. The third-order valence-electron chi connectivity index (χ3n) is 3.64. The summed E-state index contributed by atoms with van der Waals surface area (Å²) in [6.45, 7) is 5.72. The Hall–Kier alpha value is -2.05. The average molecular weight is 314 g/mol. The highest BCUT2D eigenvalue weighted by Crippen LogP contribution is 2.06. The van der Waals surface area contributed by atoms with Crippen molar-refractivity contribution in [2.24, 2.45) is 0 Å². The molecule has 0 spiro atoms. The lowest BCUT2D eigenvalue weighted by molar-refractivity contribution is -0.917. The lowest BCUT2D eigenvalue weighted by Gasteiger charge is -2.16. The van der Waals surface area contributed by atoms with Crippen LogP contribution < -0.4 is 4.90 Å². The standard InChI is InChI=1S/C16H19N5S/c1-12-9-13(2)21-15(17-12)18-16(22)20(21)11-19(3)10-14-7-5-4-6-8-14/h4-9H,10-11H2,1-3H3/p+1. The van der Waals surface area contributed by atoms with Crippen molar-refractivity contribution in [2.75, 3.05) is 7.05 Å². The van der Waals surface area contributed by atoms with Gasteiger partial charge in [0, 0.05) is 17.0 Å². The van der Waals surface area contributed by atoms with Crippen LogP contribution in [0.5, 0.6) is 0 Å². The molecule has 0 aliphatic rings. The van der Waals surface area contributed by atoms with Gasteiger partial charge in [-0.3, -0.25) is 0 Å². The Labute approximate surface area is 134 Å². The molecule has 0 aliphatic carbocycles. The predicted molar refractivity (Wildman–Crippen MR) is 88.3 cm³/mol. The van der Waals surface area contributed by atoms with Crippen molar-refractivity contribution in [2.45, 2.75) is 27.1 Å². The predicted octanol–water partition coefficient (Wildman–Crippen LogP) is 1.55. The Morgan fingerprint density at radius 3 is 2.59 bits per heavy atom. The molecule has 1 N–H and O–H groups in total. The van der Waals surface area contributed by atoms with E-state index in [0.717, 1.165) is 24.6 Å². The van der Waals surface area contributed by atoms with Crippen LogP contribution in [0.3, 0.4) is 0 Å². The maximum absolute atomic E-state index is 5.42. The van der Waals surface area contributed by atoms with Gasteiger partial charge >= 0.3 is 0 Å². The molecule has 5 nitrogen and oxygen atoms in total. The van der Waals surface area contributed by atoms with Crippen molar-refractivity contribution in [3.05, 3.63) is 58.1 Å². The highest BCUT2D eigenvalue weighted by Gasteiger charge is 2.12. The van der Waals surface area contributed by atoms with Gasteiger partial charge < -0.3 is 4.90 Å². The van der Waals surface area contributed by atoms with Crippen LogP contribution in [0, 0.1) is 18.6 Å². The molecule has 0 fully saturated rings. The Balaban J connectivity index is 1.90. The van der Waals surface area contributed by atoms with E-state index in [1.807, 2.05) is 28.3 Å². The molecule has 0 aliphatic heterocycles. The second kappa shape index (κ2) is 5.98. The fraction of sp³-hybridized carbons (Fsp3) is 0.312. The van der Waals surface area contributed by atoms with Gasteiger partial charge in [0.25, 0.3) is 5.78 Å². The van der Waals surface area contributed by atoms with Crippen LogP contribution >= 0.6 is 12.2 Å². The summed E-state index contributed by atoms with van der Waals surface area (Å²) in [4.78, 5) is 10.2. The van der Waals surface area contributed by atoms with Crippen LogP contribution in [-0.4, -0.2) is 26.2 Å². The van der Waals surface area contributed by atoms with E-state index in [9.17, 15) is 0 Å². The Morgan fingerprint density at radius 2 is 1.86 bits per heavy atom. The summed E-state index contributed by atoms with van der Waals surface area (Å²) in [5.74, 6) is 0.676. The second-order valence-corrected chi connectivity index (χ2v) is 6.09. The molecule has 0 radical (unpaired) electrons. The number of nitrogens with one attached hydrogen (secondary N) is 1. The number of aromatic nitrogens is 4. The molecule has 0 amide bonds. The van der Waals surface area contributed by atoms with Gasteiger partial charge in [-0.15, -0.1) is 0 Å². The summed E-state index contributed by atoms with van der Waals surface area (Å²) in [6, 6.07) is 12.5. The van der Waals surface area contributed by atoms with Gasteiger partial charge in [0.15, 0.2) is 6.67 Å². The molecular weight excluding hydrogens is 294 g/mol. The molecule has 22 heavy (non-hydrogen) atoms. The van der Waals surface area contributed by atoms with Crippen molar-refractivity contribution in [1.29, 1.82) is 0 Å². The Bertz CT molecular complexity index is 850. The molecule has 1 aromatic carbocycles.